The fraction of sp³-hybridized carbons (Fsp3) is 0.333. The average Bonchev–Trinajstić information content (AvgIpc) is 2.26. The molecule has 0 radical (unpaired) electrons. The van der Waals surface area contributed by atoms with Crippen LogP contribution in [0.5, 0.6) is 0 Å². The molecule has 0 aliphatic rings. The highest BCUT2D eigenvalue weighted by Crippen LogP contribution is 2.11. The van der Waals surface area contributed by atoms with Gasteiger partial charge in [-0.25, -0.2) is 0 Å². The van der Waals surface area contributed by atoms with E-state index in [0.717, 1.165) is 11.3 Å². The summed E-state index contributed by atoms with van der Waals surface area (Å²) >= 11 is 0. The number of hydrogen-bond acceptors (Lipinski definition) is 3. The molecule has 1 N–H and O–H groups in total. The standard InChI is InChI=1S/C12H18N2O/c1-10(14(3)4)15-9-11-5-7-12(13-2)8-6-11/h5-8,13H,1,9H2,2-4H3. The van der Waals surface area contributed by atoms with Gasteiger partial charge in [0, 0.05) is 26.8 Å². The van der Waals surface area contributed by atoms with Gasteiger partial charge in [-0.2, -0.15) is 0 Å². The van der Waals surface area contributed by atoms with E-state index in [4.69, 9.17) is 4.74 Å². The summed E-state index contributed by atoms with van der Waals surface area (Å²) in [4.78, 5) is 1.85. The van der Waals surface area contributed by atoms with E-state index in [1.807, 2.05) is 50.3 Å². The minimum atomic E-state index is 0.557. The molecule has 3 heteroatoms. The molecule has 82 valence electrons. The van der Waals surface area contributed by atoms with Crippen molar-refractivity contribution in [2.75, 3.05) is 26.5 Å². The first-order valence-corrected chi connectivity index (χ1v) is 4.89. The molecule has 0 amide bonds. The molecule has 0 saturated carbocycles. The van der Waals surface area contributed by atoms with Crippen LogP contribution in [-0.2, 0) is 11.3 Å². The molecule has 1 rings (SSSR count). The normalized spacial score (nSPS) is 9.53. The van der Waals surface area contributed by atoms with E-state index in [0.29, 0.717) is 12.5 Å². The molecule has 0 fully saturated rings. The van der Waals surface area contributed by atoms with Crippen molar-refractivity contribution < 1.29 is 4.74 Å². The number of ether oxygens (including phenoxy) is 1. The maximum Gasteiger partial charge on any atom is 0.181 e. The monoisotopic (exact) mass is 206 g/mol. The highest BCUT2D eigenvalue weighted by molar-refractivity contribution is 5.43. The van der Waals surface area contributed by atoms with Crippen LogP contribution in [-0.4, -0.2) is 26.0 Å². The van der Waals surface area contributed by atoms with Crippen LogP contribution in [0.1, 0.15) is 5.56 Å². The maximum atomic E-state index is 5.47. The third-order valence-electron chi connectivity index (χ3n) is 2.15. The van der Waals surface area contributed by atoms with Gasteiger partial charge in [-0.15, -0.1) is 0 Å². The number of nitrogens with zero attached hydrogens (tertiary/aromatic N) is 1. The van der Waals surface area contributed by atoms with Gasteiger partial charge in [-0.05, 0) is 24.3 Å². The Hall–Kier alpha value is -1.64. The van der Waals surface area contributed by atoms with Crippen molar-refractivity contribution in [1.82, 2.24) is 4.90 Å². The van der Waals surface area contributed by atoms with E-state index in [1.54, 1.807) is 0 Å². The van der Waals surface area contributed by atoms with E-state index in [1.165, 1.54) is 0 Å². The van der Waals surface area contributed by atoms with Crippen LogP contribution in [0.3, 0.4) is 0 Å². The molecule has 0 saturated heterocycles. The Labute approximate surface area is 91.4 Å². The molecule has 3 nitrogen and oxygen atoms in total. The van der Waals surface area contributed by atoms with Gasteiger partial charge >= 0.3 is 0 Å². The second-order valence-electron chi connectivity index (χ2n) is 3.52. The van der Waals surface area contributed by atoms with E-state index < -0.39 is 0 Å². The van der Waals surface area contributed by atoms with Gasteiger partial charge in [-0.1, -0.05) is 12.1 Å². The van der Waals surface area contributed by atoms with Crippen molar-refractivity contribution in [1.29, 1.82) is 0 Å². The SMILES string of the molecule is C=C(OCc1ccc(NC)cc1)N(C)C. The topological polar surface area (TPSA) is 24.5 Å². The van der Waals surface area contributed by atoms with Crippen LogP contribution < -0.4 is 5.32 Å². The fourth-order valence-corrected chi connectivity index (χ4v) is 1.06. The summed E-state index contributed by atoms with van der Waals surface area (Å²) in [6.07, 6.45) is 0. The summed E-state index contributed by atoms with van der Waals surface area (Å²) < 4.78 is 5.47. The summed E-state index contributed by atoms with van der Waals surface area (Å²) in [5.74, 6) is 0.674. The largest absolute Gasteiger partial charge is 0.475 e. The van der Waals surface area contributed by atoms with Gasteiger partial charge < -0.3 is 15.0 Å². The lowest BCUT2D eigenvalue weighted by molar-refractivity contribution is 0.131. The summed E-state index contributed by atoms with van der Waals surface area (Å²) in [7, 11) is 5.72. The predicted molar refractivity (Wildman–Crippen MR) is 63.6 cm³/mol. The second kappa shape index (κ2) is 5.29. The van der Waals surface area contributed by atoms with Gasteiger partial charge in [0.25, 0.3) is 0 Å². The van der Waals surface area contributed by atoms with Crippen molar-refractivity contribution in [3.63, 3.8) is 0 Å². The molecule has 0 bridgehead atoms. The van der Waals surface area contributed by atoms with Gasteiger partial charge in [0.1, 0.15) is 6.61 Å². The molecule has 0 aliphatic heterocycles. The van der Waals surface area contributed by atoms with Crippen LogP contribution >= 0.6 is 0 Å². The third kappa shape index (κ3) is 3.54. The van der Waals surface area contributed by atoms with Crippen LogP contribution in [0.15, 0.2) is 36.7 Å². The smallest absolute Gasteiger partial charge is 0.181 e. The second-order valence-corrected chi connectivity index (χ2v) is 3.52. The van der Waals surface area contributed by atoms with Crippen molar-refractivity contribution in [2.45, 2.75) is 6.61 Å². The number of anilines is 1. The summed E-state index contributed by atoms with van der Waals surface area (Å²) in [6, 6.07) is 8.12. The zero-order valence-electron chi connectivity index (χ0n) is 9.58. The zero-order chi connectivity index (χ0) is 11.3. The Balaban J connectivity index is 2.47. The Morgan fingerprint density at radius 1 is 1.33 bits per heavy atom. The lowest BCUT2D eigenvalue weighted by atomic mass is 10.2. The Bertz CT molecular complexity index is 317. The highest BCUT2D eigenvalue weighted by atomic mass is 16.5. The molecule has 1 aromatic rings. The molecule has 0 spiro atoms. The van der Waals surface area contributed by atoms with Crippen molar-refractivity contribution in [3.8, 4) is 0 Å². The first kappa shape index (κ1) is 11.4. The third-order valence-corrected chi connectivity index (χ3v) is 2.15. The first-order valence-electron chi connectivity index (χ1n) is 4.89. The van der Waals surface area contributed by atoms with E-state index in [-0.39, 0.29) is 0 Å². The lowest BCUT2D eigenvalue weighted by Crippen LogP contribution is -2.12. The lowest BCUT2D eigenvalue weighted by Gasteiger charge is -2.16. The average molecular weight is 206 g/mol. The summed E-state index contributed by atoms with van der Waals surface area (Å²) in [5, 5.41) is 3.07. The minimum Gasteiger partial charge on any atom is -0.475 e. The fourth-order valence-electron chi connectivity index (χ4n) is 1.06. The number of nitrogens with one attached hydrogen (secondary N) is 1. The maximum absolute atomic E-state index is 5.47. The Morgan fingerprint density at radius 2 is 1.93 bits per heavy atom. The van der Waals surface area contributed by atoms with Crippen LogP contribution in [0.25, 0.3) is 0 Å². The molecular formula is C12H18N2O. The summed E-state index contributed by atoms with van der Waals surface area (Å²) in [5.41, 5.74) is 2.24. The molecule has 0 atom stereocenters. The van der Waals surface area contributed by atoms with Gasteiger partial charge in [0.15, 0.2) is 5.88 Å². The molecule has 0 aromatic heterocycles. The van der Waals surface area contributed by atoms with Crippen molar-refractivity contribution >= 4 is 5.69 Å². The van der Waals surface area contributed by atoms with Crippen LogP contribution in [0.2, 0.25) is 0 Å². The summed E-state index contributed by atoms with van der Waals surface area (Å²) in [6.45, 7) is 4.35. The predicted octanol–water partition coefficient (Wildman–Crippen LogP) is 2.28. The van der Waals surface area contributed by atoms with E-state index in [2.05, 4.69) is 11.9 Å². The number of benzene rings is 1. The highest BCUT2D eigenvalue weighted by Gasteiger charge is 1.98. The molecular weight excluding hydrogens is 188 g/mol. The number of rotatable bonds is 5. The minimum absolute atomic E-state index is 0.557. The van der Waals surface area contributed by atoms with Gasteiger partial charge in [0.2, 0.25) is 0 Å². The molecule has 1 aromatic carbocycles. The molecule has 0 unspecified atom stereocenters. The van der Waals surface area contributed by atoms with E-state index >= 15 is 0 Å². The van der Waals surface area contributed by atoms with E-state index in [9.17, 15) is 0 Å². The van der Waals surface area contributed by atoms with Crippen LogP contribution in [0.4, 0.5) is 5.69 Å². The van der Waals surface area contributed by atoms with Crippen molar-refractivity contribution in [3.05, 3.63) is 42.3 Å². The van der Waals surface area contributed by atoms with Crippen LogP contribution in [0, 0.1) is 0 Å². The van der Waals surface area contributed by atoms with Gasteiger partial charge in [0.05, 0.1) is 0 Å². The molecule has 0 aliphatic carbocycles. The molecule has 0 heterocycles. The first-order chi connectivity index (χ1) is 7.13. The number of hydrogen-bond donors (Lipinski definition) is 1. The van der Waals surface area contributed by atoms with Crippen molar-refractivity contribution in [2.24, 2.45) is 0 Å². The zero-order valence-corrected chi connectivity index (χ0v) is 9.58. The van der Waals surface area contributed by atoms with Gasteiger partial charge in [-0.3, -0.25) is 0 Å². The molecule has 15 heavy (non-hydrogen) atoms. The quantitative estimate of drug-likeness (QED) is 0.748. The Morgan fingerprint density at radius 3 is 2.40 bits per heavy atom. The Kier molecular flexibility index (Phi) is 4.03.